The summed E-state index contributed by atoms with van der Waals surface area (Å²) < 4.78 is 5.43. The Kier molecular flexibility index (Phi) is 3.83. The van der Waals surface area contributed by atoms with Crippen LogP contribution in [0.25, 0.3) is 0 Å². The molecule has 2 rings (SSSR count). The third kappa shape index (κ3) is 2.76. The van der Waals surface area contributed by atoms with Crippen LogP contribution in [0.15, 0.2) is 24.3 Å². The van der Waals surface area contributed by atoms with Crippen molar-refractivity contribution in [1.82, 2.24) is 5.32 Å². The Bertz CT molecular complexity index is 333. The van der Waals surface area contributed by atoms with Crippen LogP contribution in [0, 0.1) is 5.92 Å². The number of hydrogen-bond acceptors (Lipinski definition) is 2. The number of rotatable bonds is 6. The summed E-state index contributed by atoms with van der Waals surface area (Å²) in [7, 11) is 1.75. The maximum atomic E-state index is 5.43. The molecule has 0 aromatic heterocycles. The number of benzene rings is 1. The highest BCUT2D eigenvalue weighted by Gasteiger charge is 2.27. The van der Waals surface area contributed by atoms with Crippen LogP contribution in [0.4, 0.5) is 0 Å². The van der Waals surface area contributed by atoms with E-state index in [2.05, 4.69) is 24.4 Å². The molecular formula is C14H21NO. The van der Waals surface area contributed by atoms with Gasteiger partial charge >= 0.3 is 0 Å². The van der Waals surface area contributed by atoms with Gasteiger partial charge in [0.25, 0.3) is 0 Å². The molecule has 1 fully saturated rings. The van der Waals surface area contributed by atoms with Gasteiger partial charge in [0.1, 0.15) is 5.75 Å². The molecule has 16 heavy (non-hydrogen) atoms. The minimum absolute atomic E-state index is 0.452. The number of nitrogens with one attached hydrogen (secondary N) is 1. The van der Waals surface area contributed by atoms with Crippen LogP contribution in [0.3, 0.4) is 0 Å². The fraction of sp³-hybridized carbons (Fsp3) is 0.571. The Balaban J connectivity index is 2.14. The molecule has 1 aliphatic rings. The molecule has 0 spiro atoms. The largest absolute Gasteiger partial charge is 0.496 e. The van der Waals surface area contributed by atoms with Crippen LogP contribution in [-0.2, 0) is 0 Å². The molecule has 1 unspecified atom stereocenters. The van der Waals surface area contributed by atoms with Gasteiger partial charge in [-0.3, -0.25) is 0 Å². The van der Waals surface area contributed by atoms with Gasteiger partial charge in [-0.25, -0.2) is 0 Å². The Morgan fingerprint density at radius 2 is 2.12 bits per heavy atom. The Morgan fingerprint density at radius 3 is 2.75 bits per heavy atom. The molecule has 2 heteroatoms. The van der Waals surface area contributed by atoms with E-state index in [0.717, 1.165) is 18.2 Å². The summed E-state index contributed by atoms with van der Waals surface area (Å²) in [6.45, 7) is 3.17. The topological polar surface area (TPSA) is 21.3 Å². The van der Waals surface area contributed by atoms with Gasteiger partial charge in [-0.15, -0.1) is 0 Å². The summed E-state index contributed by atoms with van der Waals surface area (Å²) in [5, 5.41) is 3.56. The predicted molar refractivity (Wildman–Crippen MR) is 66.8 cm³/mol. The Hall–Kier alpha value is -1.02. The first kappa shape index (κ1) is 11.5. The lowest BCUT2D eigenvalue weighted by Crippen LogP contribution is -2.21. The number of methoxy groups -OCH3 is 1. The van der Waals surface area contributed by atoms with Crippen LogP contribution in [0.5, 0.6) is 5.75 Å². The van der Waals surface area contributed by atoms with Crippen LogP contribution >= 0.6 is 0 Å². The zero-order valence-corrected chi connectivity index (χ0v) is 10.2. The minimum atomic E-state index is 0.452. The quantitative estimate of drug-likeness (QED) is 0.793. The van der Waals surface area contributed by atoms with E-state index < -0.39 is 0 Å². The van der Waals surface area contributed by atoms with Crippen molar-refractivity contribution >= 4 is 0 Å². The van der Waals surface area contributed by atoms with E-state index in [-0.39, 0.29) is 0 Å². The molecule has 1 aromatic carbocycles. The van der Waals surface area contributed by atoms with Crippen LogP contribution in [0.1, 0.15) is 37.8 Å². The molecule has 1 aliphatic carbocycles. The number of para-hydroxylation sites is 1. The average molecular weight is 219 g/mol. The third-order valence-corrected chi connectivity index (χ3v) is 3.23. The maximum absolute atomic E-state index is 5.43. The molecule has 1 aromatic rings. The molecule has 0 bridgehead atoms. The first-order valence-corrected chi connectivity index (χ1v) is 6.21. The zero-order valence-electron chi connectivity index (χ0n) is 10.2. The summed E-state index contributed by atoms with van der Waals surface area (Å²) in [6, 6.07) is 8.80. The van der Waals surface area contributed by atoms with E-state index in [1.165, 1.54) is 24.8 Å². The fourth-order valence-corrected chi connectivity index (χ4v) is 2.21. The normalized spacial score (nSPS) is 17.1. The Labute approximate surface area is 98.0 Å². The lowest BCUT2D eigenvalue weighted by atomic mass is 10.00. The SMILES string of the molecule is CCNC(CC1CC1)c1ccccc1OC. The predicted octanol–water partition coefficient (Wildman–Crippen LogP) is 3.15. The van der Waals surface area contributed by atoms with Gasteiger partial charge in [0.15, 0.2) is 0 Å². The second kappa shape index (κ2) is 5.35. The van der Waals surface area contributed by atoms with Crippen molar-refractivity contribution in [2.75, 3.05) is 13.7 Å². The molecule has 0 radical (unpaired) electrons. The van der Waals surface area contributed by atoms with E-state index in [1.807, 2.05) is 12.1 Å². The molecule has 0 amide bonds. The van der Waals surface area contributed by atoms with Gasteiger partial charge < -0.3 is 10.1 Å². The minimum Gasteiger partial charge on any atom is -0.496 e. The van der Waals surface area contributed by atoms with Crippen LogP contribution in [-0.4, -0.2) is 13.7 Å². The van der Waals surface area contributed by atoms with Crippen molar-refractivity contribution in [3.63, 3.8) is 0 Å². The van der Waals surface area contributed by atoms with E-state index >= 15 is 0 Å². The van der Waals surface area contributed by atoms with Crippen molar-refractivity contribution in [1.29, 1.82) is 0 Å². The van der Waals surface area contributed by atoms with Crippen LogP contribution in [0.2, 0.25) is 0 Å². The molecular weight excluding hydrogens is 198 g/mol. The lowest BCUT2D eigenvalue weighted by molar-refractivity contribution is 0.393. The standard InChI is InChI=1S/C14H21NO/c1-3-15-13(10-11-8-9-11)12-6-4-5-7-14(12)16-2/h4-7,11,13,15H,3,8-10H2,1-2H3. The zero-order chi connectivity index (χ0) is 11.4. The highest BCUT2D eigenvalue weighted by Crippen LogP contribution is 2.39. The van der Waals surface area contributed by atoms with E-state index in [0.29, 0.717) is 6.04 Å². The molecule has 0 saturated heterocycles. The summed E-state index contributed by atoms with van der Waals surface area (Å²) >= 11 is 0. The molecule has 0 aliphatic heterocycles. The molecule has 0 heterocycles. The number of hydrogen-bond donors (Lipinski definition) is 1. The second-order valence-electron chi connectivity index (χ2n) is 4.53. The van der Waals surface area contributed by atoms with E-state index in [1.54, 1.807) is 7.11 Å². The fourth-order valence-electron chi connectivity index (χ4n) is 2.21. The van der Waals surface area contributed by atoms with Crippen LogP contribution < -0.4 is 10.1 Å². The van der Waals surface area contributed by atoms with Gasteiger partial charge in [0.05, 0.1) is 7.11 Å². The van der Waals surface area contributed by atoms with Crippen molar-refractivity contribution in [2.45, 2.75) is 32.2 Å². The maximum Gasteiger partial charge on any atom is 0.123 e. The second-order valence-corrected chi connectivity index (χ2v) is 4.53. The molecule has 1 N–H and O–H groups in total. The third-order valence-electron chi connectivity index (χ3n) is 3.23. The van der Waals surface area contributed by atoms with Crippen molar-refractivity contribution in [3.05, 3.63) is 29.8 Å². The summed E-state index contributed by atoms with van der Waals surface area (Å²) in [5.41, 5.74) is 1.30. The van der Waals surface area contributed by atoms with Crippen molar-refractivity contribution in [3.8, 4) is 5.75 Å². The van der Waals surface area contributed by atoms with Crippen molar-refractivity contribution in [2.24, 2.45) is 5.92 Å². The molecule has 1 atom stereocenters. The van der Waals surface area contributed by atoms with Gasteiger partial charge in [-0.05, 0) is 24.9 Å². The van der Waals surface area contributed by atoms with Gasteiger partial charge in [0.2, 0.25) is 0 Å². The van der Waals surface area contributed by atoms with Crippen molar-refractivity contribution < 1.29 is 4.74 Å². The Morgan fingerprint density at radius 1 is 1.38 bits per heavy atom. The smallest absolute Gasteiger partial charge is 0.123 e. The lowest BCUT2D eigenvalue weighted by Gasteiger charge is -2.20. The summed E-state index contributed by atoms with van der Waals surface area (Å²) in [4.78, 5) is 0. The highest BCUT2D eigenvalue weighted by atomic mass is 16.5. The molecule has 1 saturated carbocycles. The molecule has 2 nitrogen and oxygen atoms in total. The first-order chi connectivity index (χ1) is 7.85. The highest BCUT2D eigenvalue weighted by molar-refractivity contribution is 5.36. The first-order valence-electron chi connectivity index (χ1n) is 6.21. The molecule has 88 valence electrons. The monoisotopic (exact) mass is 219 g/mol. The van der Waals surface area contributed by atoms with Gasteiger partial charge in [-0.1, -0.05) is 38.0 Å². The summed E-state index contributed by atoms with van der Waals surface area (Å²) in [6.07, 6.45) is 4.04. The summed E-state index contributed by atoms with van der Waals surface area (Å²) in [5.74, 6) is 1.93. The van der Waals surface area contributed by atoms with Gasteiger partial charge in [0, 0.05) is 11.6 Å². The average Bonchev–Trinajstić information content (AvgIpc) is 3.12. The number of ether oxygens (including phenoxy) is 1. The van der Waals surface area contributed by atoms with Gasteiger partial charge in [-0.2, -0.15) is 0 Å². The van der Waals surface area contributed by atoms with E-state index in [4.69, 9.17) is 4.74 Å². The van der Waals surface area contributed by atoms with E-state index in [9.17, 15) is 0 Å².